The molecule has 1 unspecified atom stereocenters. The van der Waals surface area contributed by atoms with Gasteiger partial charge < -0.3 is 10.2 Å². The van der Waals surface area contributed by atoms with Gasteiger partial charge >= 0.3 is 0 Å². The topological polar surface area (TPSA) is 67.2 Å². The summed E-state index contributed by atoms with van der Waals surface area (Å²) in [6.07, 6.45) is 3.97. The first-order chi connectivity index (χ1) is 11.0. The van der Waals surface area contributed by atoms with E-state index in [2.05, 4.69) is 10.4 Å². The van der Waals surface area contributed by atoms with Gasteiger partial charge in [0.05, 0.1) is 18.3 Å². The Kier molecular flexibility index (Phi) is 4.10. The summed E-state index contributed by atoms with van der Waals surface area (Å²) in [6.45, 7) is 0.537. The second-order valence-electron chi connectivity index (χ2n) is 5.58. The lowest BCUT2D eigenvalue weighted by Crippen LogP contribution is -2.42. The number of aryl methyl sites for hydroxylation is 1. The molecule has 1 aliphatic rings. The number of carbonyl (C=O) groups excluding carboxylic acids is 2. The zero-order chi connectivity index (χ0) is 16.4. The highest BCUT2D eigenvalue weighted by Gasteiger charge is 2.34. The first-order valence-corrected chi connectivity index (χ1v) is 7.37. The molecule has 120 valence electrons. The predicted octanol–water partition coefficient (Wildman–Crippen LogP) is 1.02. The number of benzene rings is 1. The van der Waals surface area contributed by atoms with Gasteiger partial charge in [-0.3, -0.25) is 14.3 Å². The molecule has 0 aliphatic carbocycles. The van der Waals surface area contributed by atoms with Crippen molar-refractivity contribution in [3.63, 3.8) is 0 Å². The fourth-order valence-corrected chi connectivity index (χ4v) is 2.70. The number of amides is 2. The van der Waals surface area contributed by atoms with Crippen LogP contribution in [0.3, 0.4) is 0 Å². The third kappa shape index (κ3) is 3.39. The van der Waals surface area contributed by atoms with E-state index >= 15 is 0 Å². The number of carbonyl (C=O) groups is 2. The average Bonchev–Trinajstić information content (AvgIpc) is 3.06. The van der Waals surface area contributed by atoms with Crippen molar-refractivity contribution in [1.82, 2.24) is 15.1 Å². The maximum atomic E-state index is 13.1. The summed E-state index contributed by atoms with van der Waals surface area (Å²) in [5, 5.41) is 6.77. The van der Waals surface area contributed by atoms with E-state index in [9.17, 15) is 14.0 Å². The molecule has 1 saturated heterocycles. The molecule has 0 saturated carbocycles. The average molecular weight is 316 g/mol. The van der Waals surface area contributed by atoms with Crippen LogP contribution in [-0.2, 0) is 23.1 Å². The molecule has 0 bridgehead atoms. The van der Waals surface area contributed by atoms with Crippen LogP contribution in [-0.4, -0.2) is 34.2 Å². The van der Waals surface area contributed by atoms with Crippen LogP contribution in [0.5, 0.6) is 0 Å². The second kappa shape index (κ2) is 6.20. The fourth-order valence-electron chi connectivity index (χ4n) is 2.70. The Bertz CT molecular complexity index is 743. The fraction of sp³-hybridized carbons (Fsp3) is 0.312. The number of hydrogen-bond acceptors (Lipinski definition) is 3. The van der Waals surface area contributed by atoms with E-state index in [1.165, 1.54) is 12.1 Å². The number of nitrogens with zero attached hydrogens (tertiary/aromatic N) is 3. The molecule has 1 aliphatic heterocycles. The lowest BCUT2D eigenvalue weighted by Gasteiger charge is -2.15. The molecule has 1 fully saturated rings. The second-order valence-corrected chi connectivity index (χ2v) is 5.58. The molecule has 0 radical (unpaired) electrons. The van der Waals surface area contributed by atoms with Gasteiger partial charge in [0.15, 0.2) is 0 Å². The van der Waals surface area contributed by atoms with Gasteiger partial charge in [0, 0.05) is 19.8 Å². The van der Waals surface area contributed by atoms with Gasteiger partial charge in [0.25, 0.3) is 0 Å². The van der Waals surface area contributed by atoms with Gasteiger partial charge in [0.1, 0.15) is 11.9 Å². The van der Waals surface area contributed by atoms with Crippen LogP contribution in [0.25, 0.3) is 0 Å². The van der Waals surface area contributed by atoms with Crippen LogP contribution in [0.4, 0.5) is 10.1 Å². The summed E-state index contributed by atoms with van der Waals surface area (Å²) in [5.74, 6) is -0.817. The molecule has 2 aromatic rings. The van der Waals surface area contributed by atoms with Gasteiger partial charge in [-0.15, -0.1) is 0 Å². The van der Waals surface area contributed by atoms with Crippen molar-refractivity contribution in [3.05, 3.63) is 48.0 Å². The number of nitrogens with one attached hydrogen (secondary N) is 1. The zero-order valence-electron chi connectivity index (χ0n) is 12.7. The van der Waals surface area contributed by atoms with Crippen molar-refractivity contribution in [2.45, 2.75) is 18.9 Å². The molecule has 1 N–H and O–H groups in total. The van der Waals surface area contributed by atoms with Crippen molar-refractivity contribution in [1.29, 1.82) is 0 Å². The SMILES string of the molecule is Cn1cc(N2CCC(NC(=O)Cc3cccc(F)c3)C2=O)cn1. The van der Waals surface area contributed by atoms with E-state index in [1.54, 1.807) is 41.2 Å². The molecule has 3 rings (SSSR count). The molecular weight excluding hydrogens is 299 g/mol. The molecule has 23 heavy (non-hydrogen) atoms. The first-order valence-electron chi connectivity index (χ1n) is 7.37. The summed E-state index contributed by atoms with van der Waals surface area (Å²) in [6, 6.07) is 5.34. The predicted molar refractivity (Wildman–Crippen MR) is 82.2 cm³/mol. The van der Waals surface area contributed by atoms with Crippen molar-refractivity contribution in [3.8, 4) is 0 Å². The Morgan fingerprint density at radius 1 is 1.48 bits per heavy atom. The van der Waals surface area contributed by atoms with Gasteiger partial charge in [-0.05, 0) is 24.1 Å². The Labute approximate surface area is 132 Å². The molecule has 1 aromatic heterocycles. The summed E-state index contributed by atoms with van der Waals surface area (Å²) in [5.41, 5.74) is 1.30. The van der Waals surface area contributed by atoms with Crippen LogP contribution < -0.4 is 10.2 Å². The first kappa shape index (κ1) is 15.2. The maximum absolute atomic E-state index is 13.1. The zero-order valence-corrected chi connectivity index (χ0v) is 12.7. The molecule has 1 atom stereocenters. The van der Waals surface area contributed by atoms with E-state index in [0.29, 0.717) is 18.5 Å². The molecule has 6 nitrogen and oxygen atoms in total. The van der Waals surface area contributed by atoms with Gasteiger partial charge in [-0.1, -0.05) is 12.1 Å². The maximum Gasteiger partial charge on any atom is 0.249 e. The van der Waals surface area contributed by atoms with Gasteiger partial charge in [0.2, 0.25) is 11.8 Å². The molecule has 1 aromatic carbocycles. The van der Waals surface area contributed by atoms with Crippen LogP contribution in [0.2, 0.25) is 0 Å². The Morgan fingerprint density at radius 2 is 2.30 bits per heavy atom. The number of aromatic nitrogens is 2. The monoisotopic (exact) mass is 316 g/mol. The number of rotatable bonds is 4. The quantitative estimate of drug-likeness (QED) is 0.916. The third-order valence-corrected chi connectivity index (χ3v) is 3.80. The highest BCUT2D eigenvalue weighted by atomic mass is 19.1. The van der Waals surface area contributed by atoms with E-state index in [0.717, 1.165) is 5.69 Å². The largest absolute Gasteiger partial charge is 0.344 e. The lowest BCUT2D eigenvalue weighted by molar-refractivity contribution is -0.126. The van der Waals surface area contributed by atoms with Gasteiger partial charge in [-0.2, -0.15) is 5.10 Å². The van der Waals surface area contributed by atoms with Crippen molar-refractivity contribution in [2.24, 2.45) is 7.05 Å². The van der Waals surface area contributed by atoms with Crippen LogP contribution in [0.1, 0.15) is 12.0 Å². The van der Waals surface area contributed by atoms with Crippen LogP contribution in [0.15, 0.2) is 36.7 Å². The number of anilines is 1. The molecular formula is C16H17FN4O2. The van der Waals surface area contributed by atoms with E-state index < -0.39 is 6.04 Å². The Hall–Kier alpha value is -2.70. The normalized spacial score (nSPS) is 17.6. The third-order valence-electron chi connectivity index (χ3n) is 3.80. The van der Waals surface area contributed by atoms with Crippen LogP contribution in [0, 0.1) is 5.82 Å². The summed E-state index contributed by atoms with van der Waals surface area (Å²) in [7, 11) is 1.78. The molecule has 7 heteroatoms. The summed E-state index contributed by atoms with van der Waals surface area (Å²) < 4.78 is 14.7. The minimum atomic E-state index is -0.545. The number of halogens is 1. The van der Waals surface area contributed by atoms with Gasteiger partial charge in [-0.25, -0.2) is 4.39 Å². The van der Waals surface area contributed by atoms with E-state index in [4.69, 9.17) is 0 Å². The summed E-state index contributed by atoms with van der Waals surface area (Å²) >= 11 is 0. The Morgan fingerprint density at radius 3 is 3.00 bits per heavy atom. The lowest BCUT2D eigenvalue weighted by atomic mass is 10.1. The standard InChI is InChI=1S/C16H17FN4O2/c1-20-10-13(9-18-20)21-6-5-14(16(21)23)19-15(22)8-11-3-2-4-12(17)7-11/h2-4,7,9-10,14H,5-6,8H2,1H3,(H,19,22). The highest BCUT2D eigenvalue weighted by molar-refractivity contribution is 6.01. The van der Waals surface area contributed by atoms with E-state index in [1.807, 2.05) is 0 Å². The highest BCUT2D eigenvalue weighted by Crippen LogP contribution is 2.20. The number of hydrogen-bond donors (Lipinski definition) is 1. The van der Waals surface area contributed by atoms with Crippen molar-refractivity contribution >= 4 is 17.5 Å². The van der Waals surface area contributed by atoms with Crippen molar-refractivity contribution in [2.75, 3.05) is 11.4 Å². The smallest absolute Gasteiger partial charge is 0.249 e. The van der Waals surface area contributed by atoms with Crippen LogP contribution >= 0.6 is 0 Å². The van der Waals surface area contributed by atoms with Crippen molar-refractivity contribution < 1.29 is 14.0 Å². The minimum Gasteiger partial charge on any atom is -0.344 e. The molecule has 2 amide bonds. The summed E-state index contributed by atoms with van der Waals surface area (Å²) in [4.78, 5) is 26.0. The minimum absolute atomic E-state index is 0.0500. The molecule has 0 spiro atoms. The van der Waals surface area contributed by atoms with E-state index in [-0.39, 0.29) is 24.1 Å². The Balaban J connectivity index is 1.60. The molecule has 2 heterocycles.